The normalized spacial score (nSPS) is 13.7. The van der Waals surface area contributed by atoms with E-state index < -0.39 is 0 Å². The molecule has 0 aromatic carbocycles. The summed E-state index contributed by atoms with van der Waals surface area (Å²) >= 11 is 1.40. The molecule has 140 valence electrons. The number of pyridine rings is 1. The summed E-state index contributed by atoms with van der Waals surface area (Å²) in [6.45, 7) is 3.70. The number of aromatic nitrogens is 4. The second kappa shape index (κ2) is 7.93. The molecule has 4 rings (SSSR count). The average molecular weight is 384 g/mol. The molecule has 0 bridgehead atoms. The number of aryl methyl sites for hydroxylation is 1. The van der Waals surface area contributed by atoms with Crippen molar-refractivity contribution in [2.45, 2.75) is 19.8 Å². The van der Waals surface area contributed by atoms with Crippen LogP contribution in [-0.4, -0.2) is 45.7 Å². The van der Waals surface area contributed by atoms with Crippen molar-refractivity contribution in [3.05, 3.63) is 30.4 Å². The highest BCUT2D eigenvalue weighted by atomic mass is 32.1. The number of rotatable bonds is 7. The highest BCUT2D eigenvalue weighted by Gasteiger charge is 2.21. The number of amides is 2. The first-order chi connectivity index (χ1) is 13.2. The van der Waals surface area contributed by atoms with E-state index >= 15 is 0 Å². The van der Waals surface area contributed by atoms with E-state index in [-0.39, 0.29) is 6.03 Å². The molecule has 0 spiro atoms. The number of fused-ring (bicyclic) bond motifs is 1. The van der Waals surface area contributed by atoms with Crippen LogP contribution in [0.25, 0.3) is 21.6 Å². The van der Waals surface area contributed by atoms with Gasteiger partial charge in [0.05, 0.1) is 17.2 Å². The zero-order valence-electron chi connectivity index (χ0n) is 14.9. The van der Waals surface area contributed by atoms with Gasteiger partial charge in [0, 0.05) is 37.3 Å². The Morgan fingerprint density at radius 1 is 1.30 bits per heavy atom. The number of hydrogen-bond donors (Lipinski definition) is 2. The lowest BCUT2D eigenvalue weighted by atomic mass is 10.2. The van der Waals surface area contributed by atoms with Gasteiger partial charge in [-0.05, 0) is 31.7 Å². The van der Waals surface area contributed by atoms with Gasteiger partial charge in [-0.25, -0.2) is 19.7 Å². The summed E-state index contributed by atoms with van der Waals surface area (Å²) in [5.41, 5.74) is 3.05. The number of nitrogens with one attached hydrogen (secondary N) is 2. The first kappa shape index (κ1) is 17.7. The predicted molar refractivity (Wildman–Crippen MR) is 104 cm³/mol. The Morgan fingerprint density at radius 3 is 3.00 bits per heavy atom. The van der Waals surface area contributed by atoms with Gasteiger partial charge in [0.25, 0.3) is 0 Å². The third kappa shape index (κ3) is 4.55. The van der Waals surface area contributed by atoms with Gasteiger partial charge in [-0.3, -0.25) is 10.3 Å². The minimum atomic E-state index is -0.284. The molecule has 0 saturated heterocycles. The Bertz CT molecular complexity index is 956. The summed E-state index contributed by atoms with van der Waals surface area (Å²) < 4.78 is 5.50. The highest BCUT2D eigenvalue weighted by molar-refractivity contribution is 7.19. The van der Waals surface area contributed by atoms with Gasteiger partial charge in [0.15, 0.2) is 10.8 Å². The van der Waals surface area contributed by atoms with Crippen LogP contribution in [0, 0.1) is 12.8 Å². The fourth-order valence-electron chi connectivity index (χ4n) is 2.61. The van der Waals surface area contributed by atoms with Crippen LogP contribution in [0.15, 0.2) is 24.7 Å². The minimum absolute atomic E-state index is 0.284. The Balaban J connectivity index is 1.36. The number of carbonyl (C=O) groups is 1. The van der Waals surface area contributed by atoms with E-state index in [0.29, 0.717) is 23.9 Å². The van der Waals surface area contributed by atoms with E-state index in [1.165, 1.54) is 24.2 Å². The van der Waals surface area contributed by atoms with E-state index in [1.807, 2.05) is 13.0 Å². The van der Waals surface area contributed by atoms with Gasteiger partial charge in [-0.2, -0.15) is 0 Å². The van der Waals surface area contributed by atoms with Gasteiger partial charge in [0.2, 0.25) is 0 Å². The van der Waals surface area contributed by atoms with Crippen molar-refractivity contribution in [3.8, 4) is 10.4 Å². The molecule has 1 aliphatic rings. The average Bonchev–Trinajstić information content (AvgIpc) is 3.42. The maximum Gasteiger partial charge on any atom is 0.321 e. The van der Waals surface area contributed by atoms with Crippen LogP contribution in [0.3, 0.4) is 0 Å². The Hall–Kier alpha value is -2.65. The molecular weight excluding hydrogens is 364 g/mol. The maximum absolute atomic E-state index is 12.0. The largest absolute Gasteiger partial charge is 0.379 e. The number of hydrogen-bond acceptors (Lipinski definition) is 7. The molecule has 0 atom stereocenters. The Labute approximate surface area is 160 Å². The zero-order valence-corrected chi connectivity index (χ0v) is 15.8. The second-order valence-corrected chi connectivity index (χ2v) is 7.45. The fourth-order valence-corrected chi connectivity index (χ4v) is 3.55. The van der Waals surface area contributed by atoms with Crippen molar-refractivity contribution in [1.29, 1.82) is 0 Å². The van der Waals surface area contributed by atoms with Crippen LogP contribution in [0.5, 0.6) is 0 Å². The quantitative estimate of drug-likeness (QED) is 0.607. The molecule has 1 aliphatic carbocycles. The first-order valence-corrected chi connectivity index (χ1v) is 9.68. The van der Waals surface area contributed by atoms with Crippen LogP contribution in [0.1, 0.15) is 18.5 Å². The lowest BCUT2D eigenvalue weighted by Crippen LogP contribution is -2.31. The third-order valence-corrected chi connectivity index (χ3v) is 5.31. The smallest absolute Gasteiger partial charge is 0.321 e. The standard InChI is InChI=1S/C18H20N6O2S/c1-11-15(13-8-14-16(22-9-13)20-5-4-19-14)27-18(23-11)24-17(25)21-6-7-26-10-12-2-3-12/h4-5,8-9,12H,2-3,6-7,10H2,1H3,(H2,21,23,24,25). The lowest BCUT2D eigenvalue weighted by Gasteiger charge is -2.06. The summed E-state index contributed by atoms with van der Waals surface area (Å²) in [5.74, 6) is 0.728. The highest BCUT2D eigenvalue weighted by Crippen LogP contribution is 2.33. The van der Waals surface area contributed by atoms with E-state index in [4.69, 9.17) is 4.74 Å². The number of nitrogens with zero attached hydrogens (tertiary/aromatic N) is 4. The lowest BCUT2D eigenvalue weighted by molar-refractivity contribution is 0.127. The number of ether oxygens (including phenoxy) is 1. The predicted octanol–water partition coefficient (Wildman–Crippen LogP) is 3.00. The van der Waals surface area contributed by atoms with Gasteiger partial charge in [-0.15, -0.1) is 0 Å². The molecule has 27 heavy (non-hydrogen) atoms. The van der Waals surface area contributed by atoms with Crippen LogP contribution in [0.4, 0.5) is 9.93 Å². The molecule has 3 heterocycles. The maximum atomic E-state index is 12.0. The minimum Gasteiger partial charge on any atom is -0.379 e. The second-order valence-electron chi connectivity index (χ2n) is 6.46. The van der Waals surface area contributed by atoms with Crippen molar-refractivity contribution >= 4 is 33.7 Å². The molecule has 0 aliphatic heterocycles. The number of thiazole rings is 1. The van der Waals surface area contributed by atoms with Crippen LogP contribution >= 0.6 is 11.3 Å². The molecule has 2 amide bonds. The van der Waals surface area contributed by atoms with E-state index in [9.17, 15) is 4.79 Å². The Morgan fingerprint density at radius 2 is 2.15 bits per heavy atom. The van der Waals surface area contributed by atoms with Crippen LogP contribution in [-0.2, 0) is 4.74 Å². The van der Waals surface area contributed by atoms with Gasteiger partial charge in [-0.1, -0.05) is 11.3 Å². The summed E-state index contributed by atoms with van der Waals surface area (Å²) in [4.78, 5) is 30.2. The topological polar surface area (TPSA) is 102 Å². The Kier molecular flexibility index (Phi) is 5.21. The molecule has 8 nitrogen and oxygen atoms in total. The van der Waals surface area contributed by atoms with Crippen LogP contribution in [0.2, 0.25) is 0 Å². The van der Waals surface area contributed by atoms with Crippen LogP contribution < -0.4 is 10.6 Å². The number of carbonyl (C=O) groups excluding carboxylic acids is 1. The van der Waals surface area contributed by atoms with Crippen molar-refractivity contribution in [2.24, 2.45) is 5.92 Å². The van der Waals surface area contributed by atoms with Gasteiger partial charge in [0.1, 0.15) is 5.52 Å². The number of urea groups is 1. The monoisotopic (exact) mass is 384 g/mol. The van der Waals surface area contributed by atoms with E-state index in [0.717, 1.165) is 34.2 Å². The van der Waals surface area contributed by atoms with E-state index in [2.05, 4.69) is 30.6 Å². The molecule has 1 fully saturated rings. The molecular formula is C18H20N6O2S. The first-order valence-electron chi connectivity index (χ1n) is 8.86. The SMILES string of the molecule is Cc1nc(NC(=O)NCCOCC2CC2)sc1-c1cnc2nccnc2c1. The van der Waals surface area contributed by atoms with E-state index in [1.54, 1.807) is 18.6 Å². The molecule has 0 radical (unpaired) electrons. The van der Waals surface area contributed by atoms with Gasteiger partial charge >= 0.3 is 6.03 Å². The summed E-state index contributed by atoms with van der Waals surface area (Å²) in [6, 6.07) is 1.64. The van der Waals surface area contributed by atoms with Crippen molar-refractivity contribution in [2.75, 3.05) is 25.1 Å². The van der Waals surface area contributed by atoms with Crippen molar-refractivity contribution in [3.63, 3.8) is 0 Å². The third-order valence-electron chi connectivity index (χ3n) is 4.19. The van der Waals surface area contributed by atoms with Crippen molar-refractivity contribution < 1.29 is 9.53 Å². The summed E-state index contributed by atoms with van der Waals surface area (Å²) in [5, 5.41) is 6.09. The molecule has 0 unspecified atom stereocenters. The summed E-state index contributed by atoms with van der Waals surface area (Å²) in [6.07, 6.45) is 7.53. The zero-order chi connectivity index (χ0) is 18.6. The molecule has 2 N–H and O–H groups in total. The fraction of sp³-hybridized carbons (Fsp3) is 0.389. The molecule has 3 aromatic rings. The summed E-state index contributed by atoms with van der Waals surface area (Å²) in [7, 11) is 0. The molecule has 1 saturated carbocycles. The molecule has 9 heteroatoms. The van der Waals surface area contributed by atoms with Crippen molar-refractivity contribution in [1.82, 2.24) is 25.3 Å². The number of anilines is 1. The molecule has 3 aromatic heterocycles. The van der Waals surface area contributed by atoms with Gasteiger partial charge < -0.3 is 10.1 Å².